The molecule has 6 heteroatoms. The lowest BCUT2D eigenvalue weighted by Gasteiger charge is -2.19. The predicted octanol–water partition coefficient (Wildman–Crippen LogP) is 2.88. The highest BCUT2D eigenvalue weighted by Crippen LogP contribution is 2.20. The van der Waals surface area contributed by atoms with Crippen LogP contribution in [0.5, 0.6) is 0 Å². The SMILES string of the molecule is Cc1cccc(CN2CC[C@@H](Nc3cnc(C=CC(=O)O)cn3)C2)c1C. The fourth-order valence-corrected chi connectivity index (χ4v) is 3.18. The van der Waals surface area contributed by atoms with Gasteiger partial charge in [-0.2, -0.15) is 0 Å². The number of rotatable bonds is 6. The van der Waals surface area contributed by atoms with Gasteiger partial charge in [0.25, 0.3) is 0 Å². The van der Waals surface area contributed by atoms with E-state index < -0.39 is 5.97 Å². The van der Waals surface area contributed by atoms with Gasteiger partial charge in [0.1, 0.15) is 5.82 Å². The number of carbonyl (C=O) groups is 1. The van der Waals surface area contributed by atoms with Gasteiger partial charge in [-0.3, -0.25) is 9.88 Å². The fraction of sp³-hybridized carbons (Fsp3) is 0.350. The fourth-order valence-electron chi connectivity index (χ4n) is 3.18. The first kappa shape index (κ1) is 18.1. The summed E-state index contributed by atoms with van der Waals surface area (Å²) in [6.45, 7) is 7.33. The van der Waals surface area contributed by atoms with Crippen molar-refractivity contribution >= 4 is 17.9 Å². The van der Waals surface area contributed by atoms with Crippen LogP contribution >= 0.6 is 0 Å². The van der Waals surface area contributed by atoms with E-state index in [1.807, 2.05) is 0 Å². The molecule has 0 radical (unpaired) electrons. The Labute approximate surface area is 153 Å². The van der Waals surface area contributed by atoms with Crippen LogP contribution in [0.15, 0.2) is 36.7 Å². The summed E-state index contributed by atoms with van der Waals surface area (Å²) in [5.41, 5.74) is 4.63. The second kappa shape index (κ2) is 8.10. The number of benzene rings is 1. The molecule has 1 aromatic carbocycles. The first-order chi connectivity index (χ1) is 12.5. The number of aromatic nitrogens is 2. The van der Waals surface area contributed by atoms with Gasteiger partial charge in [-0.1, -0.05) is 18.2 Å². The molecule has 1 fully saturated rings. The molecule has 2 N–H and O–H groups in total. The minimum absolute atomic E-state index is 0.342. The molecule has 2 aromatic rings. The van der Waals surface area contributed by atoms with Gasteiger partial charge in [-0.15, -0.1) is 0 Å². The van der Waals surface area contributed by atoms with Gasteiger partial charge in [0, 0.05) is 31.8 Å². The van der Waals surface area contributed by atoms with Crippen LogP contribution in [0, 0.1) is 13.8 Å². The average molecular weight is 352 g/mol. The lowest BCUT2D eigenvalue weighted by atomic mass is 10.0. The normalized spacial score (nSPS) is 17.7. The van der Waals surface area contributed by atoms with E-state index in [4.69, 9.17) is 5.11 Å². The maximum atomic E-state index is 10.5. The highest BCUT2D eigenvalue weighted by atomic mass is 16.4. The van der Waals surface area contributed by atoms with Gasteiger partial charge in [-0.05, 0) is 43.0 Å². The van der Waals surface area contributed by atoms with E-state index in [0.717, 1.165) is 37.9 Å². The molecule has 0 bridgehead atoms. The molecule has 0 amide bonds. The summed E-state index contributed by atoms with van der Waals surface area (Å²) in [6, 6.07) is 6.83. The van der Waals surface area contributed by atoms with E-state index in [0.29, 0.717) is 11.7 Å². The van der Waals surface area contributed by atoms with Crippen molar-refractivity contribution in [2.75, 3.05) is 18.4 Å². The number of aryl methyl sites for hydroxylation is 1. The van der Waals surface area contributed by atoms with E-state index in [-0.39, 0.29) is 0 Å². The number of hydrogen-bond donors (Lipinski definition) is 2. The minimum Gasteiger partial charge on any atom is -0.478 e. The van der Waals surface area contributed by atoms with Crippen LogP contribution < -0.4 is 5.32 Å². The van der Waals surface area contributed by atoms with Crippen molar-refractivity contribution < 1.29 is 9.90 Å². The van der Waals surface area contributed by atoms with E-state index in [2.05, 4.69) is 52.2 Å². The average Bonchev–Trinajstić information content (AvgIpc) is 3.05. The monoisotopic (exact) mass is 352 g/mol. The number of aliphatic carboxylic acids is 1. The molecule has 0 spiro atoms. The van der Waals surface area contributed by atoms with Crippen molar-refractivity contribution in [2.24, 2.45) is 0 Å². The Morgan fingerprint density at radius 1 is 1.35 bits per heavy atom. The number of carboxylic acid groups (broad SMARTS) is 1. The standard InChI is InChI=1S/C20H24N4O2/c1-14-4-3-5-16(15(14)2)12-24-9-8-18(13-24)23-19-11-21-17(10-22-19)6-7-20(25)26/h3-7,10-11,18H,8-9,12-13H2,1-2H3,(H,22,23)(H,25,26)/t18-/m1/s1. The maximum Gasteiger partial charge on any atom is 0.328 e. The lowest BCUT2D eigenvalue weighted by molar-refractivity contribution is -0.131. The number of hydrogen-bond acceptors (Lipinski definition) is 5. The van der Waals surface area contributed by atoms with E-state index in [1.165, 1.54) is 22.8 Å². The molecule has 1 aromatic heterocycles. The molecule has 2 heterocycles. The van der Waals surface area contributed by atoms with Gasteiger partial charge in [0.15, 0.2) is 0 Å². The predicted molar refractivity (Wildman–Crippen MR) is 102 cm³/mol. The van der Waals surface area contributed by atoms with Crippen LogP contribution in [0.2, 0.25) is 0 Å². The van der Waals surface area contributed by atoms with Crippen LogP contribution in [0.1, 0.15) is 28.8 Å². The highest BCUT2D eigenvalue weighted by Gasteiger charge is 2.23. The Morgan fingerprint density at radius 2 is 2.19 bits per heavy atom. The highest BCUT2D eigenvalue weighted by molar-refractivity contribution is 5.84. The third kappa shape index (κ3) is 4.67. The zero-order chi connectivity index (χ0) is 18.5. The summed E-state index contributed by atoms with van der Waals surface area (Å²) >= 11 is 0. The maximum absolute atomic E-state index is 10.5. The van der Waals surface area contributed by atoms with Crippen LogP contribution in [-0.2, 0) is 11.3 Å². The van der Waals surface area contributed by atoms with Crippen molar-refractivity contribution in [1.29, 1.82) is 0 Å². The molecule has 1 aliphatic rings. The second-order valence-corrected chi connectivity index (χ2v) is 6.72. The Bertz CT molecular complexity index is 802. The summed E-state index contributed by atoms with van der Waals surface area (Å²) in [4.78, 5) is 21.5. The summed E-state index contributed by atoms with van der Waals surface area (Å²) < 4.78 is 0. The zero-order valence-corrected chi connectivity index (χ0v) is 15.1. The third-order valence-electron chi connectivity index (χ3n) is 4.80. The van der Waals surface area contributed by atoms with Crippen molar-refractivity contribution in [3.63, 3.8) is 0 Å². The first-order valence-corrected chi connectivity index (χ1v) is 8.78. The molecule has 136 valence electrons. The molecule has 26 heavy (non-hydrogen) atoms. The van der Waals surface area contributed by atoms with E-state index in [1.54, 1.807) is 12.4 Å². The Kier molecular flexibility index (Phi) is 5.63. The second-order valence-electron chi connectivity index (χ2n) is 6.72. The molecule has 1 atom stereocenters. The third-order valence-corrected chi connectivity index (χ3v) is 4.80. The Morgan fingerprint density at radius 3 is 2.92 bits per heavy atom. The quantitative estimate of drug-likeness (QED) is 0.779. The molecule has 0 aliphatic carbocycles. The van der Waals surface area contributed by atoms with Crippen LogP contribution in [0.4, 0.5) is 5.82 Å². The molecule has 1 saturated heterocycles. The van der Waals surface area contributed by atoms with Gasteiger partial charge in [0.05, 0.1) is 18.1 Å². The molecule has 6 nitrogen and oxygen atoms in total. The van der Waals surface area contributed by atoms with Crippen molar-refractivity contribution in [3.05, 3.63) is 59.1 Å². The number of anilines is 1. The minimum atomic E-state index is -0.996. The molecule has 3 rings (SSSR count). The van der Waals surface area contributed by atoms with Crippen LogP contribution in [-0.4, -0.2) is 45.1 Å². The largest absolute Gasteiger partial charge is 0.478 e. The van der Waals surface area contributed by atoms with Crippen molar-refractivity contribution in [1.82, 2.24) is 14.9 Å². The summed E-state index contributed by atoms with van der Waals surface area (Å²) in [5, 5.41) is 12.0. The molecular formula is C20H24N4O2. The van der Waals surface area contributed by atoms with Crippen molar-refractivity contribution in [3.8, 4) is 0 Å². The van der Waals surface area contributed by atoms with E-state index in [9.17, 15) is 4.79 Å². The lowest BCUT2D eigenvalue weighted by Crippen LogP contribution is -2.26. The number of nitrogens with zero attached hydrogens (tertiary/aromatic N) is 3. The summed E-state index contributed by atoms with van der Waals surface area (Å²) in [7, 11) is 0. The summed E-state index contributed by atoms with van der Waals surface area (Å²) in [5.74, 6) is -0.278. The summed E-state index contributed by atoms with van der Waals surface area (Å²) in [6.07, 6.45) is 6.77. The number of nitrogens with one attached hydrogen (secondary N) is 1. The Hall–Kier alpha value is -2.73. The molecule has 0 unspecified atom stereocenters. The first-order valence-electron chi connectivity index (χ1n) is 8.78. The van der Waals surface area contributed by atoms with Gasteiger partial charge < -0.3 is 10.4 Å². The molecule has 0 saturated carbocycles. The van der Waals surface area contributed by atoms with Crippen molar-refractivity contribution in [2.45, 2.75) is 32.9 Å². The van der Waals surface area contributed by atoms with Crippen LogP contribution in [0.3, 0.4) is 0 Å². The topological polar surface area (TPSA) is 78.4 Å². The number of likely N-dealkylation sites (tertiary alicyclic amines) is 1. The van der Waals surface area contributed by atoms with Crippen LogP contribution in [0.25, 0.3) is 6.08 Å². The smallest absolute Gasteiger partial charge is 0.328 e. The Balaban J connectivity index is 1.54. The van der Waals surface area contributed by atoms with Gasteiger partial charge in [0.2, 0.25) is 0 Å². The molecule has 1 aliphatic heterocycles. The zero-order valence-electron chi connectivity index (χ0n) is 15.1. The van der Waals surface area contributed by atoms with Gasteiger partial charge >= 0.3 is 5.97 Å². The van der Waals surface area contributed by atoms with Gasteiger partial charge in [-0.25, -0.2) is 9.78 Å². The van der Waals surface area contributed by atoms with E-state index >= 15 is 0 Å². The number of carboxylic acids is 1. The molecular weight excluding hydrogens is 328 g/mol.